The van der Waals surface area contributed by atoms with Crippen LogP contribution in [0.5, 0.6) is 0 Å². The number of carboxylic acid groups (broad SMARTS) is 1. The van der Waals surface area contributed by atoms with Crippen LogP contribution in [0.25, 0.3) is 0 Å². The Kier molecular flexibility index (Phi) is 3.49. The summed E-state index contributed by atoms with van der Waals surface area (Å²) in [5.41, 5.74) is 6.98. The SMILES string of the molecule is Cc1cc(Cl)cc(C(CN)C(=O)O)c1. The van der Waals surface area contributed by atoms with E-state index >= 15 is 0 Å². The van der Waals surface area contributed by atoms with Gasteiger partial charge >= 0.3 is 5.97 Å². The number of carboxylic acids is 1. The molecule has 1 aromatic rings. The molecule has 3 nitrogen and oxygen atoms in total. The molecule has 0 fully saturated rings. The van der Waals surface area contributed by atoms with Gasteiger partial charge in [-0.2, -0.15) is 0 Å². The molecule has 1 unspecified atom stereocenters. The Hall–Kier alpha value is -1.06. The first-order chi connectivity index (χ1) is 6.54. The molecule has 0 bridgehead atoms. The molecule has 1 rings (SSSR count). The number of carbonyl (C=O) groups is 1. The van der Waals surface area contributed by atoms with Gasteiger partial charge in [-0.15, -0.1) is 0 Å². The van der Waals surface area contributed by atoms with Crippen LogP contribution in [0.1, 0.15) is 17.0 Å². The number of aryl methyl sites for hydroxylation is 1. The quantitative estimate of drug-likeness (QED) is 0.805. The smallest absolute Gasteiger partial charge is 0.312 e. The Morgan fingerprint density at radius 1 is 1.57 bits per heavy atom. The zero-order chi connectivity index (χ0) is 10.7. The highest BCUT2D eigenvalue weighted by atomic mass is 35.5. The second-order valence-electron chi connectivity index (χ2n) is 3.19. The van der Waals surface area contributed by atoms with E-state index in [0.717, 1.165) is 5.56 Å². The van der Waals surface area contributed by atoms with Gasteiger partial charge in [-0.05, 0) is 30.2 Å². The molecular formula is C10H12ClNO2. The molecule has 1 aromatic carbocycles. The van der Waals surface area contributed by atoms with E-state index in [2.05, 4.69) is 0 Å². The van der Waals surface area contributed by atoms with Crippen molar-refractivity contribution in [1.29, 1.82) is 0 Å². The molecule has 76 valence electrons. The van der Waals surface area contributed by atoms with Crippen molar-refractivity contribution >= 4 is 17.6 Å². The van der Waals surface area contributed by atoms with Crippen molar-refractivity contribution < 1.29 is 9.90 Å². The second-order valence-corrected chi connectivity index (χ2v) is 3.62. The minimum absolute atomic E-state index is 0.0785. The molecule has 0 spiro atoms. The molecule has 4 heteroatoms. The molecule has 0 aliphatic rings. The van der Waals surface area contributed by atoms with E-state index in [4.69, 9.17) is 22.4 Å². The number of hydrogen-bond acceptors (Lipinski definition) is 2. The summed E-state index contributed by atoms with van der Waals surface area (Å²) >= 11 is 5.82. The monoisotopic (exact) mass is 213 g/mol. The molecule has 0 radical (unpaired) electrons. The summed E-state index contributed by atoms with van der Waals surface area (Å²) in [7, 11) is 0. The maximum Gasteiger partial charge on any atom is 0.312 e. The third-order valence-electron chi connectivity index (χ3n) is 2.00. The predicted molar refractivity (Wildman–Crippen MR) is 55.6 cm³/mol. The van der Waals surface area contributed by atoms with Gasteiger partial charge in [-0.3, -0.25) is 4.79 Å². The highest BCUT2D eigenvalue weighted by molar-refractivity contribution is 6.30. The molecule has 3 N–H and O–H groups in total. The standard InChI is InChI=1S/C10H12ClNO2/c1-6-2-7(4-8(11)3-6)9(5-12)10(13)14/h2-4,9H,5,12H2,1H3,(H,13,14). The number of nitrogens with two attached hydrogens (primary N) is 1. The third-order valence-corrected chi connectivity index (χ3v) is 2.22. The van der Waals surface area contributed by atoms with Gasteiger partial charge in [-0.1, -0.05) is 17.7 Å². The predicted octanol–water partition coefficient (Wildman–Crippen LogP) is 1.78. The molecule has 14 heavy (non-hydrogen) atoms. The summed E-state index contributed by atoms with van der Waals surface area (Å²) < 4.78 is 0. The van der Waals surface area contributed by atoms with Gasteiger partial charge < -0.3 is 10.8 Å². The summed E-state index contributed by atoms with van der Waals surface area (Å²) in [5, 5.41) is 9.43. The minimum Gasteiger partial charge on any atom is -0.481 e. The number of halogens is 1. The van der Waals surface area contributed by atoms with Crippen molar-refractivity contribution in [2.24, 2.45) is 5.73 Å². The number of benzene rings is 1. The Labute approximate surface area is 87.5 Å². The summed E-state index contributed by atoms with van der Waals surface area (Å²) in [4.78, 5) is 10.8. The van der Waals surface area contributed by atoms with Crippen molar-refractivity contribution in [2.75, 3.05) is 6.54 Å². The molecule has 0 amide bonds. The fourth-order valence-corrected chi connectivity index (χ4v) is 1.64. The van der Waals surface area contributed by atoms with Crippen LogP contribution in [0, 0.1) is 6.92 Å². The van der Waals surface area contributed by atoms with Crippen LogP contribution < -0.4 is 5.73 Å². The molecule has 0 saturated carbocycles. The van der Waals surface area contributed by atoms with Crippen LogP contribution in [0.3, 0.4) is 0 Å². The fourth-order valence-electron chi connectivity index (χ4n) is 1.35. The maximum atomic E-state index is 10.8. The minimum atomic E-state index is -0.922. The van der Waals surface area contributed by atoms with Gasteiger partial charge in [0, 0.05) is 11.6 Å². The lowest BCUT2D eigenvalue weighted by atomic mass is 9.98. The van der Waals surface area contributed by atoms with Crippen molar-refractivity contribution in [3.63, 3.8) is 0 Å². The van der Waals surface area contributed by atoms with E-state index in [1.807, 2.05) is 6.92 Å². The largest absolute Gasteiger partial charge is 0.481 e. The zero-order valence-electron chi connectivity index (χ0n) is 7.83. The van der Waals surface area contributed by atoms with Gasteiger partial charge in [0.05, 0.1) is 5.92 Å². The first kappa shape index (κ1) is 11.0. The molecule has 0 saturated heterocycles. The van der Waals surface area contributed by atoms with Crippen LogP contribution in [0.15, 0.2) is 18.2 Å². The molecule has 0 aliphatic carbocycles. The summed E-state index contributed by atoms with van der Waals surface area (Å²) in [6, 6.07) is 5.21. The first-order valence-electron chi connectivity index (χ1n) is 4.24. The van der Waals surface area contributed by atoms with E-state index in [-0.39, 0.29) is 6.54 Å². The van der Waals surface area contributed by atoms with Crippen LogP contribution >= 0.6 is 11.6 Å². The Morgan fingerprint density at radius 2 is 2.21 bits per heavy atom. The first-order valence-corrected chi connectivity index (χ1v) is 4.62. The summed E-state index contributed by atoms with van der Waals surface area (Å²) in [6.07, 6.45) is 0. The lowest BCUT2D eigenvalue weighted by molar-refractivity contribution is -0.138. The highest BCUT2D eigenvalue weighted by Crippen LogP contribution is 2.21. The topological polar surface area (TPSA) is 63.3 Å². The summed E-state index contributed by atoms with van der Waals surface area (Å²) in [5.74, 6) is -1.60. The third kappa shape index (κ3) is 2.47. The Bertz CT molecular complexity index is 332. The van der Waals surface area contributed by atoms with Crippen molar-refractivity contribution in [3.8, 4) is 0 Å². The molecular weight excluding hydrogens is 202 g/mol. The molecule has 0 heterocycles. The molecule has 0 aliphatic heterocycles. The lowest BCUT2D eigenvalue weighted by Gasteiger charge is -2.11. The zero-order valence-corrected chi connectivity index (χ0v) is 8.58. The van der Waals surface area contributed by atoms with Crippen molar-refractivity contribution in [1.82, 2.24) is 0 Å². The van der Waals surface area contributed by atoms with Gasteiger partial charge in [0.25, 0.3) is 0 Å². The second kappa shape index (κ2) is 4.44. The van der Waals surface area contributed by atoms with E-state index in [0.29, 0.717) is 10.6 Å². The number of hydrogen-bond donors (Lipinski definition) is 2. The van der Waals surface area contributed by atoms with Gasteiger partial charge in [0.2, 0.25) is 0 Å². The van der Waals surface area contributed by atoms with Crippen molar-refractivity contribution in [2.45, 2.75) is 12.8 Å². The van der Waals surface area contributed by atoms with Gasteiger partial charge in [0.1, 0.15) is 0 Å². The van der Waals surface area contributed by atoms with E-state index < -0.39 is 11.9 Å². The fraction of sp³-hybridized carbons (Fsp3) is 0.300. The van der Waals surface area contributed by atoms with E-state index in [1.54, 1.807) is 18.2 Å². The van der Waals surface area contributed by atoms with Crippen LogP contribution in [0.2, 0.25) is 5.02 Å². The van der Waals surface area contributed by atoms with E-state index in [9.17, 15) is 4.79 Å². The van der Waals surface area contributed by atoms with Crippen molar-refractivity contribution in [3.05, 3.63) is 34.3 Å². The van der Waals surface area contributed by atoms with Gasteiger partial charge in [0.15, 0.2) is 0 Å². The number of rotatable bonds is 3. The lowest BCUT2D eigenvalue weighted by Crippen LogP contribution is -2.21. The summed E-state index contributed by atoms with van der Waals surface area (Å²) in [6.45, 7) is 1.94. The maximum absolute atomic E-state index is 10.8. The normalized spacial score (nSPS) is 12.5. The molecule has 1 atom stereocenters. The highest BCUT2D eigenvalue weighted by Gasteiger charge is 2.18. The average Bonchev–Trinajstić information content (AvgIpc) is 2.02. The average molecular weight is 214 g/mol. The number of aliphatic carboxylic acids is 1. The van der Waals surface area contributed by atoms with E-state index in [1.165, 1.54) is 0 Å². The Morgan fingerprint density at radius 3 is 2.64 bits per heavy atom. The van der Waals surface area contributed by atoms with Gasteiger partial charge in [-0.25, -0.2) is 0 Å². The Balaban J connectivity index is 3.10. The van der Waals surface area contributed by atoms with Crippen LogP contribution in [0.4, 0.5) is 0 Å². The van der Waals surface area contributed by atoms with Crippen LogP contribution in [-0.4, -0.2) is 17.6 Å². The van der Waals surface area contributed by atoms with Crippen LogP contribution in [-0.2, 0) is 4.79 Å². The molecule has 0 aromatic heterocycles.